The molecule has 2 rings (SSSR count). The Hall–Kier alpha value is -0.870. The van der Waals surface area contributed by atoms with Gasteiger partial charge in [-0.25, -0.2) is 0 Å². The number of nitrogens with two attached hydrogens (primary N) is 1. The van der Waals surface area contributed by atoms with Crippen LogP contribution in [-0.2, 0) is 0 Å². The lowest BCUT2D eigenvalue weighted by Gasteiger charge is -2.20. The van der Waals surface area contributed by atoms with Crippen molar-refractivity contribution in [3.63, 3.8) is 0 Å². The van der Waals surface area contributed by atoms with Gasteiger partial charge in [-0.05, 0) is 38.0 Å². The molecule has 19 heavy (non-hydrogen) atoms. The monoisotopic (exact) mass is 281 g/mol. The zero-order valence-electron chi connectivity index (χ0n) is 11.5. The summed E-state index contributed by atoms with van der Waals surface area (Å²) in [5, 5.41) is 10.4. The number of aliphatic hydroxyl groups is 1. The minimum Gasteiger partial charge on any atom is -0.494 e. The molecule has 0 spiro atoms. The van der Waals surface area contributed by atoms with Crippen molar-refractivity contribution in [1.82, 2.24) is 0 Å². The van der Waals surface area contributed by atoms with Crippen LogP contribution in [0.25, 0.3) is 0 Å². The molecule has 0 amide bonds. The molecule has 1 aliphatic carbocycles. The predicted octanol–water partition coefficient (Wildman–Crippen LogP) is 3.45. The average molecular weight is 281 g/mol. The van der Waals surface area contributed by atoms with Crippen LogP contribution < -0.4 is 10.5 Å². The second kappa shape index (κ2) is 7.06. The van der Waals surface area contributed by atoms with Gasteiger partial charge in [0.05, 0.1) is 12.7 Å². The van der Waals surface area contributed by atoms with E-state index in [-0.39, 0.29) is 11.4 Å². The summed E-state index contributed by atoms with van der Waals surface area (Å²) < 4.78 is 5.51. The molecule has 3 N–H and O–H groups in total. The molecule has 0 aliphatic heterocycles. The molecule has 0 bridgehead atoms. The first kappa shape index (κ1) is 14.5. The largest absolute Gasteiger partial charge is 0.494 e. The molecule has 0 saturated heterocycles. The van der Waals surface area contributed by atoms with Crippen molar-refractivity contribution in [1.29, 1.82) is 0 Å². The SMILES string of the molecule is CCOc1ccc(N)c(SC2CCCCCC2O)c1. The number of benzene rings is 1. The number of hydrogen-bond donors (Lipinski definition) is 2. The minimum absolute atomic E-state index is 0.220. The molecule has 2 unspecified atom stereocenters. The molecule has 2 atom stereocenters. The van der Waals surface area contributed by atoms with Crippen LogP contribution >= 0.6 is 11.8 Å². The number of ether oxygens (including phenoxy) is 1. The van der Waals surface area contributed by atoms with E-state index in [1.807, 2.05) is 25.1 Å². The third-order valence-corrected chi connectivity index (χ3v) is 4.95. The molecule has 1 aromatic carbocycles. The van der Waals surface area contributed by atoms with Gasteiger partial charge in [-0.3, -0.25) is 0 Å². The maximum atomic E-state index is 10.2. The van der Waals surface area contributed by atoms with Crippen LogP contribution in [-0.4, -0.2) is 23.1 Å². The Morgan fingerprint density at radius 2 is 2.11 bits per heavy atom. The van der Waals surface area contributed by atoms with Crippen LogP contribution in [0, 0.1) is 0 Å². The summed E-state index contributed by atoms with van der Waals surface area (Å²) in [4.78, 5) is 1.02. The smallest absolute Gasteiger partial charge is 0.120 e. The van der Waals surface area contributed by atoms with E-state index in [1.165, 1.54) is 12.8 Å². The molecule has 4 heteroatoms. The Morgan fingerprint density at radius 1 is 1.32 bits per heavy atom. The molecule has 0 aromatic heterocycles. The molecule has 1 aliphatic rings. The summed E-state index contributed by atoms with van der Waals surface area (Å²) in [7, 11) is 0. The Balaban J connectivity index is 2.09. The van der Waals surface area contributed by atoms with Gasteiger partial charge in [-0.15, -0.1) is 11.8 Å². The molecular formula is C15H23NO2S. The Morgan fingerprint density at radius 3 is 2.89 bits per heavy atom. The van der Waals surface area contributed by atoms with E-state index in [9.17, 15) is 5.11 Å². The van der Waals surface area contributed by atoms with Gasteiger partial charge in [0.2, 0.25) is 0 Å². The van der Waals surface area contributed by atoms with Crippen molar-refractivity contribution in [2.75, 3.05) is 12.3 Å². The summed E-state index contributed by atoms with van der Waals surface area (Å²) >= 11 is 1.70. The normalized spacial score (nSPS) is 23.9. The zero-order valence-corrected chi connectivity index (χ0v) is 12.3. The number of aliphatic hydroxyl groups excluding tert-OH is 1. The maximum absolute atomic E-state index is 10.2. The van der Waals surface area contributed by atoms with E-state index >= 15 is 0 Å². The maximum Gasteiger partial charge on any atom is 0.120 e. The summed E-state index contributed by atoms with van der Waals surface area (Å²) in [6.45, 7) is 2.62. The van der Waals surface area contributed by atoms with Gasteiger partial charge in [-0.2, -0.15) is 0 Å². The lowest BCUT2D eigenvalue weighted by molar-refractivity contribution is 0.163. The van der Waals surface area contributed by atoms with Gasteiger partial charge in [0.1, 0.15) is 5.75 Å². The van der Waals surface area contributed by atoms with Crippen LogP contribution in [0.3, 0.4) is 0 Å². The van der Waals surface area contributed by atoms with E-state index in [4.69, 9.17) is 10.5 Å². The molecule has 0 heterocycles. The van der Waals surface area contributed by atoms with E-state index in [2.05, 4.69) is 0 Å². The van der Waals surface area contributed by atoms with Crippen LogP contribution in [0.5, 0.6) is 5.75 Å². The summed E-state index contributed by atoms with van der Waals surface area (Å²) in [5.74, 6) is 0.849. The minimum atomic E-state index is -0.220. The fourth-order valence-corrected chi connectivity index (χ4v) is 3.72. The van der Waals surface area contributed by atoms with E-state index in [1.54, 1.807) is 11.8 Å². The highest BCUT2D eigenvalue weighted by Crippen LogP contribution is 2.37. The van der Waals surface area contributed by atoms with Gasteiger partial charge >= 0.3 is 0 Å². The second-order valence-electron chi connectivity index (χ2n) is 4.99. The first-order valence-corrected chi connectivity index (χ1v) is 7.95. The lowest BCUT2D eigenvalue weighted by atomic mass is 10.1. The predicted molar refractivity (Wildman–Crippen MR) is 80.8 cm³/mol. The quantitative estimate of drug-likeness (QED) is 0.655. The van der Waals surface area contributed by atoms with Gasteiger partial charge in [0.25, 0.3) is 0 Å². The number of anilines is 1. The van der Waals surface area contributed by atoms with Crippen molar-refractivity contribution in [2.45, 2.75) is 55.3 Å². The van der Waals surface area contributed by atoms with E-state index in [0.29, 0.717) is 6.61 Å². The first-order chi connectivity index (χ1) is 9.20. The molecule has 1 fully saturated rings. The fraction of sp³-hybridized carbons (Fsp3) is 0.600. The molecule has 1 aromatic rings. The molecule has 3 nitrogen and oxygen atoms in total. The van der Waals surface area contributed by atoms with Gasteiger partial charge in [0, 0.05) is 15.8 Å². The fourth-order valence-electron chi connectivity index (χ4n) is 2.43. The Labute approximate surface area is 119 Å². The zero-order chi connectivity index (χ0) is 13.7. The van der Waals surface area contributed by atoms with Crippen LogP contribution in [0.1, 0.15) is 39.0 Å². The highest BCUT2D eigenvalue weighted by atomic mass is 32.2. The number of hydrogen-bond acceptors (Lipinski definition) is 4. The molecule has 1 saturated carbocycles. The third-order valence-electron chi connectivity index (χ3n) is 3.49. The summed E-state index contributed by atoms with van der Waals surface area (Å²) in [5.41, 5.74) is 6.80. The van der Waals surface area contributed by atoms with Crippen LogP contribution in [0.15, 0.2) is 23.1 Å². The number of nitrogen functional groups attached to an aromatic ring is 1. The number of rotatable bonds is 4. The van der Waals surface area contributed by atoms with Crippen molar-refractivity contribution in [3.8, 4) is 5.75 Å². The van der Waals surface area contributed by atoms with E-state index < -0.39 is 0 Å². The average Bonchev–Trinajstić information content (AvgIpc) is 2.59. The van der Waals surface area contributed by atoms with Gasteiger partial charge in [0.15, 0.2) is 0 Å². The molecule has 106 valence electrons. The lowest BCUT2D eigenvalue weighted by Crippen LogP contribution is -2.21. The topological polar surface area (TPSA) is 55.5 Å². The van der Waals surface area contributed by atoms with Crippen molar-refractivity contribution < 1.29 is 9.84 Å². The van der Waals surface area contributed by atoms with Crippen molar-refractivity contribution in [3.05, 3.63) is 18.2 Å². The second-order valence-corrected chi connectivity index (χ2v) is 6.28. The highest BCUT2D eigenvalue weighted by molar-refractivity contribution is 8.00. The third kappa shape index (κ3) is 4.05. The van der Waals surface area contributed by atoms with Crippen LogP contribution in [0.4, 0.5) is 5.69 Å². The van der Waals surface area contributed by atoms with Gasteiger partial charge in [-0.1, -0.05) is 19.3 Å². The standard InChI is InChI=1S/C15H23NO2S/c1-2-18-11-8-9-12(16)15(10-11)19-14-7-5-3-4-6-13(14)17/h8-10,13-14,17H,2-7,16H2,1H3. The highest BCUT2D eigenvalue weighted by Gasteiger charge is 2.23. The first-order valence-electron chi connectivity index (χ1n) is 7.07. The summed E-state index contributed by atoms with van der Waals surface area (Å²) in [6, 6.07) is 5.77. The van der Waals surface area contributed by atoms with Crippen molar-refractivity contribution in [2.24, 2.45) is 0 Å². The summed E-state index contributed by atoms with van der Waals surface area (Å²) in [6.07, 6.45) is 5.30. The molecule has 0 radical (unpaired) electrons. The Bertz CT molecular complexity index is 411. The van der Waals surface area contributed by atoms with E-state index in [0.717, 1.165) is 35.6 Å². The van der Waals surface area contributed by atoms with Gasteiger partial charge < -0.3 is 15.6 Å². The number of thioether (sulfide) groups is 1. The molecular weight excluding hydrogens is 258 g/mol. The van der Waals surface area contributed by atoms with Crippen molar-refractivity contribution >= 4 is 17.4 Å². The Kier molecular flexibility index (Phi) is 5.40. The van der Waals surface area contributed by atoms with Crippen LogP contribution in [0.2, 0.25) is 0 Å².